The molecule has 0 radical (unpaired) electrons. The maximum absolute atomic E-state index is 12.2. The van der Waals surface area contributed by atoms with Gasteiger partial charge in [-0.1, -0.05) is 31.7 Å². The molecule has 19 heavy (non-hydrogen) atoms. The number of carbonyl (C=O) groups excluding carboxylic acids is 1. The van der Waals surface area contributed by atoms with E-state index in [0.29, 0.717) is 4.88 Å². The minimum atomic E-state index is -0.996. The van der Waals surface area contributed by atoms with Crippen molar-refractivity contribution >= 4 is 23.2 Å². The maximum atomic E-state index is 12.2. The van der Waals surface area contributed by atoms with Crippen LogP contribution in [0.1, 0.15) is 49.4 Å². The van der Waals surface area contributed by atoms with Gasteiger partial charge in [-0.3, -0.25) is 4.79 Å². The van der Waals surface area contributed by atoms with Crippen LogP contribution >= 0.6 is 11.3 Å². The fourth-order valence-corrected chi connectivity index (χ4v) is 3.28. The molecule has 1 aliphatic rings. The van der Waals surface area contributed by atoms with E-state index in [2.05, 4.69) is 5.32 Å². The third-order valence-corrected chi connectivity index (χ3v) is 4.52. The quantitative estimate of drug-likeness (QED) is 0.834. The summed E-state index contributed by atoms with van der Waals surface area (Å²) < 4.78 is 0. The molecule has 0 aromatic carbocycles. The largest absolute Gasteiger partial charge is 0.479 e. The Morgan fingerprint density at radius 1 is 1.26 bits per heavy atom. The SMILES string of the molecule is O=C(NC(C(=O)O)c1cccs1)C1CCCCCC1. The first kappa shape index (κ1) is 14.1. The molecular formula is C14H19NO3S. The van der Waals surface area contributed by atoms with Gasteiger partial charge in [0.2, 0.25) is 5.91 Å². The summed E-state index contributed by atoms with van der Waals surface area (Å²) in [7, 11) is 0. The van der Waals surface area contributed by atoms with E-state index in [9.17, 15) is 14.7 Å². The minimum Gasteiger partial charge on any atom is -0.479 e. The van der Waals surface area contributed by atoms with Crippen molar-refractivity contribution in [2.75, 3.05) is 0 Å². The van der Waals surface area contributed by atoms with Gasteiger partial charge in [0, 0.05) is 10.8 Å². The van der Waals surface area contributed by atoms with Gasteiger partial charge in [-0.2, -0.15) is 0 Å². The van der Waals surface area contributed by atoms with Gasteiger partial charge in [-0.25, -0.2) is 4.79 Å². The molecule has 0 aliphatic heterocycles. The van der Waals surface area contributed by atoms with Crippen LogP contribution in [0.2, 0.25) is 0 Å². The Morgan fingerprint density at radius 3 is 2.47 bits per heavy atom. The Labute approximate surface area is 116 Å². The molecule has 2 N–H and O–H groups in total. The highest BCUT2D eigenvalue weighted by atomic mass is 32.1. The van der Waals surface area contributed by atoms with Crippen LogP contribution in [-0.4, -0.2) is 17.0 Å². The number of hydrogen-bond donors (Lipinski definition) is 2. The number of amides is 1. The highest BCUT2D eigenvalue weighted by Gasteiger charge is 2.27. The summed E-state index contributed by atoms with van der Waals surface area (Å²) in [5.74, 6) is -1.13. The van der Waals surface area contributed by atoms with Crippen LogP contribution in [0.5, 0.6) is 0 Å². The number of thiophene rings is 1. The van der Waals surface area contributed by atoms with Gasteiger partial charge in [-0.15, -0.1) is 11.3 Å². The highest BCUT2D eigenvalue weighted by Crippen LogP contribution is 2.25. The second kappa shape index (κ2) is 6.70. The van der Waals surface area contributed by atoms with E-state index < -0.39 is 12.0 Å². The van der Waals surface area contributed by atoms with E-state index >= 15 is 0 Å². The summed E-state index contributed by atoms with van der Waals surface area (Å²) in [5, 5.41) is 13.8. The van der Waals surface area contributed by atoms with Gasteiger partial charge < -0.3 is 10.4 Å². The third-order valence-electron chi connectivity index (χ3n) is 3.59. The Hall–Kier alpha value is -1.36. The second-order valence-corrected chi connectivity index (χ2v) is 5.96. The summed E-state index contributed by atoms with van der Waals surface area (Å²) in [5.41, 5.74) is 0. The number of carbonyl (C=O) groups is 2. The van der Waals surface area contributed by atoms with Gasteiger partial charge in [0.1, 0.15) is 0 Å². The average Bonchev–Trinajstić information content (AvgIpc) is 2.76. The van der Waals surface area contributed by atoms with Crippen LogP contribution in [0, 0.1) is 5.92 Å². The van der Waals surface area contributed by atoms with Crippen molar-refractivity contribution in [2.24, 2.45) is 5.92 Å². The fourth-order valence-electron chi connectivity index (χ4n) is 2.51. The van der Waals surface area contributed by atoms with Crippen LogP contribution in [0.25, 0.3) is 0 Å². The average molecular weight is 281 g/mol. The normalized spacial score (nSPS) is 18.5. The Balaban J connectivity index is 2.00. The molecular weight excluding hydrogens is 262 g/mol. The molecule has 1 aliphatic carbocycles. The third kappa shape index (κ3) is 3.80. The molecule has 104 valence electrons. The molecule has 0 spiro atoms. The predicted octanol–water partition coefficient (Wildman–Crippen LogP) is 2.96. The van der Waals surface area contributed by atoms with Crippen molar-refractivity contribution in [3.8, 4) is 0 Å². The Morgan fingerprint density at radius 2 is 1.95 bits per heavy atom. The summed E-state index contributed by atoms with van der Waals surface area (Å²) in [6.07, 6.45) is 6.24. The fraction of sp³-hybridized carbons (Fsp3) is 0.571. The molecule has 0 saturated heterocycles. The van der Waals surface area contributed by atoms with Crippen LogP contribution in [0.15, 0.2) is 17.5 Å². The van der Waals surface area contributed by atoms with Gasteiger partial charge >= 0.3 is 5.97 Å². The maximum Gasteiger partial charge on any atom is 0.331 e. The number of aliphatic carboxylic acids is 1. The van der Waals surface area contributed by atoms with Gasteiger partial charge in [-0.05, 0) is 24.3 Å². The van der Waals surface area contributed by atoms with Crippen LogP contribution in [-0.2, 0) is 9.59 Å². The van der Waals surface area contributed by atoms with Gasteiger partial charge in [0.15, 0.2) is 6.04 Å². The van der Waals surface area contributed by atoms with E-state index in [4.69, 9.17) is 0 Å². The summed E-state index contributed by atoms with van der Waals surface area (Å²) in [4.78, 5) is 24.1. The molecule has 4 nitrogen and oxygen atoms in total. The lowest BCUT2D eigenvalue weighted by molar-refractivity contribution is -0.142. The van der Waals surface area contributed by atoms with Crippen molar-refractivity contribution in [2.45, 2.75) is 44.6 Å². The zero-order valence-corrected chi connectivity index (χ0v) is 11.6. The molecule has 1 atom stereocenters. The van der Waals surface area contributed by atoms with Crippen molar-refractivity contribution in [1.82, 2.24) is 5.32 Å². The van der Waals surface area contributed by atoms with Crippen LogP contribution < -0.4 is 5.32 Å². The summed E-state index contributed by atoms with van der Waals surface area (Å²) in [6, 6.07) is 2.64. The lowest BCUT2D eigenvalue weighted by Crippen LogP contribution is -2.37. The molecule has 1 unspecified atom stereocenters. The topological polar surface area (TPSA) is 66.4 Å². The standard InChI is InChI=1S/C14H19NO3S/c16-13(10-6-3-1-2-4-7-10)15-12(14(17)18)11-8-5-9-19-11/h5,8-10,12H,1-4,6-7H2,(H,15,16)(H,17,18). The van der Waals surface area contributed by atoms with E-state index in [0.717, 1.165) is 25.7 Å². The molecule has 2 rings (SSSR count). The first-order valence-corrected chi connectivity index (χ1v) is 7.63. The van der Waals surface area contributed by atoms with E-state index in [-0.39, 0.29) is 11.8 Å². The van der Waals surface area contributed by atoms with Crippen LogP contribution in [0.4, 0.5) is 0 Å². The van der Waals surface area contributed by atoms with Crippen LogP contribution in [0.3, 0.4) is 0 Å². The van der Waals surface area contributed by atoms with Gasteiger partial charge in [0.25, 0.3) is 0 Å². The first-order valence-electron chi connectivity index (χ1n) is 6.75. The Kier molecular flexibility index (Phi) is 4.96. The molecule has 1 saturated carbocycles. The molecule has 5 heteroatoms. The highest BCUT2D eigenvalue weighted by molar-refractivity contribution is 7.10. The van der Waals surface area contributed by atoms with Crippen molar-refractivity contribution in [3.05, 3.63) is 22.4 Å². The monoisotopic (exact) mass is 281 g/mol. The van der Waals surface area contributed by atoms with E-state index in [1.165, 1.54) is 24.2 Å². The Bertz CT molecular complexity index is 422. The molecule has 1 fully saturated rings. The smallest absolute Gasteiger partial charge is 0.331 e. The number of carboxylic acids is 1. The minimum absolute atomic E-state index is 0.0238. The van der Waals surface area contributed by atoms with Crippen molar-refractivity contribution < 1.29 is 14.7 Å². The summed E-state index contributed by atoms with van der Waals surface area (Å²) in [6.45, 7) is 0. The predicted molar refractivity (Wildman–Crippen MR) is 74.0 cm³/mol. The van der Waals surface area contributed by atoms with Crippen molar-refractivity contribution in [1.29, 1.82) is 0 Å². The molecule has 1 amide bonds. The van der Waals surface area contributed by atoms with Crippen molar-refractivity contribution in [3.63, 3.8) is 0 Å². The molecule has 1 heterocycles. The zero-order chi connectivity index (χ0) is 13.7. The zero-order valence-electron chi connectivity index (χ0n) is 10.8. The molecule has 0 bridgehead atoms. The summed E-state index contributed by atoms with van der Waals surface area (Å²) >= 11 is 1.36. The van der Waals surface area contributed by atoms with E-state index in [1.807, 2.05) is 5.38 Å². The first-order chi connectivity index (χ1) is 9.18. The number of carboxylic acid groups (broad SMARTS) is 1. The second-order valence-electron chi connectivity index (χ2n) is 4.98. The number of rotatable bonds is 4. The van der Waals surface area contributed by atoms with E-state index in [1.54, 1.807) is 12.1 Å². The number of nitrogens with one attached hydrogen (secondary N) is 1. The molecule has 1 aromatic rings. The molecule has 1 aromatic heterocycles. The van der Waals surface area contributed by atoms with Gasteiger partial charge in [0.05, 0.1) is 0 Å². The lowest BCUT2D eigenvalue weighted by Gasteiger charge is -2.18. The lowest BCUT2D eigenvalue weighted by atomic mass is 9.99. The number of hydrogen-bond acceptors (Lipinski definition) is 3.